The molecule has 0 bridgehead atoms. The van der Waals surface area contributed by atoms with Crippen LogP contribution < -0.4 is 5.32 Å². The van der Waals surface area contributed by atoms with E-state index in [1.165, 1.54) is 11.3 Å². The summed E-state index contributed by atoms with van der Waals surface area (Å²) in [6.07, 6.45) is 0.841. The van der Waals surface area contributed by atoms with Gasteiger partial charge in [-0.1, -0.05) is 25.1 Å². The number of benzene rings is 1. The molecule has 1 aliphatic rings. The third kappa shape index (κ3) is 3.85. The van der Waals surface area contributed by atoms with E-state index in [0.717, 1.165) is 16.3 Å². The van der Waals surface area contributed by atoms with Gasteiger partial charge in [-0.05, 0) is 18.1 Å². The van der Waals surface area contributed by atoms with E-state index in [9.17, 15) is 14.4 Å². The van der Waals surface area contributed by atoms with E-state index in [2.05, 4.69) is 10.3 Å². The Balaban J connectivity index is 1.70. The standard InChI is InChI=1S/C17H17N3O4S/c1-2-14-19-12(10-25-14)9-24-16(22)13-6-4-3-5-11(13)8-20-15(21)7-18-17(20)23/h3-6,10H,2,7-9H2,1H3,(H,18,23). The van der Waals surface area contributed by atoms with Crippen LogP contribution in [-0.2, 0) is 29.1 Å². The normalized spacial score (nSPS) is 13.9. The fourth-order valence-electron chi connectivity index (χ4n) is 2.44. The lowest BCUT2D eigenvalue weighted by Crippen LogP contribution is -2.31. The lowest BCUT2D eigenvalue weighted by atomic mass is 10.1. The first kappa shape index (κ1) is 17.1. The van der Waals surface area contributed by atoms with E-state index in [1.807, 2.05) is 12.3 Å². The summed E-state index contributed by atoms with van der Waals surface area (Å²) in [6.45, 7) is 2.12. The Bertz CT molecular complexity index is 802. The maximum absolute atomic E-state index is 12.4. The minimum Gasteiger partial charge on any atom is -0.456 e. The van der Waals surface area contributed by atoms with Crippen LogP contribution >= 0.6 is 11.3 Å². The van der Waals surface area contributed by atoms with Gasteiger partial charge >= 0.3 is 12.0 Å². The van der Waals surface area contributed by atoms with Crippen molar-refractivity contribution in [3.63, 3.8) is 0 Å². The summed E-state index contributed by atoms with van der Waals surface area (Å²) < 4.78 is 5.33. The number of rotatable bonds is 6. The molecule has 1 fully saturated rings. The number of esters is 1. The van der Waals surface area contributed by atoms with Crippen molar-refractivity contribution in [1.82, 2.24) is 15.2 Å². The molecule has 0 saturated carbocycles. The second kappa shape index (κ2) is 7.43. The van der Waals surface area contributed by atoms with E-state index < -0.39 is 12.0 Å². The molecule has 130 valence electrons. The first-order valence-corrected chi connectivity index (χ1v) is 8.73. The minimum absolute atomic E-state index is 0.0188. The van der Waals surface area contributed by atoms with E-state index in [0.29, 0.717) is 16.8 Å². The molecule has 2 heterocycles. The summed E-state index contributed by atoms with van der Waals surface area (Å²) in [5.74, 6) is -0.823. The number of aromatic nitrogens is 1. The summed E-state index contributed by atoms with van der Waals surface area (Å²) in [5, 5.41) is 5.31. The largest absolute Gasteiger partial charge is 0.456 e. The molecule has 0 radical (unpaired) electrons. The van der Waals surface area contributed by atoms with Gasteiger partial charge in [-0.2, -0.15) is 0 Å². The molecular formula is C17H17N3O4S. The molecule has 1 N–H and O–H groups in total. The molecule has 8 heteroatoms. The van der Waals surface area contributed by atoms with Crippen molar-refractivity contribution in [2.24, 2.45) is 0 Å². The summed E-state index contributed by atoms with van der Waals surface area (Å²) in [6, 6.07) is 6.33. The van der Waals surface area contributed by atoms with Gasteiger partial charge in [0.05, 0.1) is 29.4 Å². The first-order valence-electron chi connectivity index (χ1n) is 7.85. The topological polar surface area (TPSA) is 88.6 Å². The van der Waals surface area contributed by atoms with Crippen molar-refractivity contribution < 1.29 is 19.1 Å². The third-order valence-corrected chi connectivity index (χ3v) is 4.80. The zero-order chi connectivity index (χ0) is 17.8. The average Bonchev–Trinajstić information content (AvgIpc) is 3.21. The molecule has 1 aliphatic heterocycles. The van der Waals surface area contributed by atoms with Crippen molar-refractivity contribution in [3.8, 4) is 0 Å². The van der Waals surface area contributed by atoms with Crippen LogP contribution in [0.25, 0.3) is 0 Å². The quantitative estimate of drug-likeness (QED) is 0.630. The van der Waals surface area contributed by atoms with Crippen LogP contribution in [0.15, 0.2) is 29.6 Å². The number of imide groups is 1. The van der Waals surface area contributed by atoms with Crippen molar-refractivity contribution in [1.29, 1.82) is 0 Å². The number of carbonyl (C=O) groups excluding carboxylic acids is 3. The third-order valence-electron chi connectivity index (χ3n) is 3.76. The molecule has 3 amide bonds. The highest BCUT2D eigenvalue weighted by Gasteiger charge is 2.29. The molecule has 3 rings (SSSR count). The number of amides is 3. The Hall–Kier alpha value is -2.74. The van der Waals surface area contributed by atoms with Crippen molar-refractivity contribution in [2.45, 2.75) is 26.5 Å². The van der Waals surface area contributed by atoms with Gasteiger partial charge in [0.15, 0.2) is 0 Å². The first-order chi connectivity index (χ1) is 12.1. The number of nitrogens with zero attached hydrogens (tertiary/aromatic N) is 2. The number of thiazole rings is 1. The maximum atomic E-state index is 12.4. The van der Waals surface area contributed by atoms with Gasteiger partial charge in [-0.15, -0.1) is 11.3 Å². The van der Waals surface area contributed by atoms with Gasteiger partial charge in [0.2, 0.25) is 5.91 Å². The molecule has 0 spiro atoms. The van der Waals surface area contributed by atoms with Crippen LogP contribution in [-0.4, -0.2) is 34.3 Å². The fraction of sp³-hybridized carbons (Fsp3) is 0.294. The van der Waals surface area contributed by atoms with Crippen LogP contribution in [0.1, 0.15) is 33.5 Å². The maximum Gasteiger partial charge on any atom is 0.338 e. The van der Waals surface area contributed by atoms with Gasteiger partial charge in [0.1, 0.15) is 6.61 Å². The van der Waals surface area contributed by atoms with Gasteiger partial charge in [0, 0.05) is 5.38 Å². The number of nitrogens with one attached hydrogen (secondary N) is 1. The molecule has 2 aromatic rings. The molecule has 7 nitrogen and oxygen atoms in total. The van der Waals surface area contributed by atoms with Crippen LogP contribution in [0, 0.1) is 0 Å². The number of hydrogen-bond acceptors (Lipinski definition) is 6. The monoisotopic (exact) mass is 359 g/mol. The van der Waals surface area contributed by atoms with Crippen molar-refractivity contribution >= 4 is 29.2 Å². The lowest BCUT2D eigenvalue weighted by Gasteiger charge is -2.15. The van der Waals surface area contributed by atoms with Crippen molar-refractivity contribution in [2.75, 3.05) is 6.54 Å². The molecule has 1 aromatic carbocycles. The Morgan fingerprint density at radius 3 is 2.84 bits per heavy atom. The van der Waals surface area contributed by atoms with Crippen LogP contribution in [0.4, 0.5) is 4.79 Å². The average molecular weight is 359 g/mol. The molecule has 1 saturated heterocycles. The summed E-state index contributed by atoms with van der Waals surface area (Å²) >= 11 is 1.53. The van der Waals surface area contributed by atoms with Crippen LogP contribution in [0.3, 0.4) is 0 Å². The van der Waals surface area contributed by atoms with E-state index in [4.69, 9.17) is 4.74 Å². The Labute approximate surface area is 148 Å². The molecule has 0 aliphatic carbocycles. The van der Waals surface area contributed by atoms with Gasteiger partial charge in [-0.3, -0.25) is 9.69 Å². The zero-order valence-electron chi connectivity index (χ0n) is 13.7. The Morgan fingerprint density at radius 2 is 2.16 bits per heavy atom. The molecular weight excluding hydrogens is 342 g/mol. The second-order valence-electron chi connectivity index (χ2n) is 5.46. The number of hydrogen-bond donors (Lipinski definition) is 1. The smallest absolute Gasteiger partial charge is 0.338 e. The van der Waals surface area contributed by atoms with Crippen LogP contribution in [0.2, 0.25) is 0 Å². The van der Waals surface area contributed by atoms with E-state index >= 15 is 0 Å². The molecule has 25 heavy (non-hydrogen) atoms. The SMILES string of the molecule is CCc1nc(COC(=O)c2ccccc2CN2C(=O)CNC2=O)cs1. The summed E-state index contributed by atoms with van der Waals surface area (Å²) in [7, 11) is 0. The number of aryl methyl sites for hydroxylation is 1. The highest BCUT2D eigenvalue weighted by atomic mass is 32.1. The highest BCUT2D eigenvalue weighted by Crippen LogP contribution is 2.17. The minimum atomic E-state index is -0.506. The number of ether oxygens (including phenoxy) is 1. The highest BCUT2D eigenvalue weighted by molar-refractivity contribution is 7.09. The predicted octanol–water partition coefficient (Wildman–Crippen LogP) is 2.11. The predicted molar refractivity (Wildman–Crippen MR) is 91.0 cm³/mol. The molecule has 1 aromatic heterocycles. The Morgan fingerprint density at radius 1 is 1.36 bits per heavy atom. The molecule has 0 unspecified atom stereocenters. The zero-order valence-corrected chi connectivity index (χ0v) is 14.5. The molecule has 0 atom stereocenters. The summed E-state index contributed by atoms with van der Waals surface area (Å²) in [4.78, 5) is 41.3. The van der Waals surface area contributed by atoms with E-state index in [-0.39, 0.29) is 25.6 Å². The fourth-order valence-corrected chi connectivity index (χ4v) is 3.17. The van der Waals surface area contributed by atoms with Crippen LogP contribution in [0.5, 0.6) is 0 Å². The van der Waals surface area contributed by atoms with Gasteiger partial charge < -0.3 is 10.1 Å². The number of urea groups is 1. The van der Waals surface area contributed by atoms with Gasteiger partial charge in [-0.25, -0.2) is 14.6 Å². The van der Waals surface area contributed by atoms with Crippen molar-refractivity contribution in [3.05, 3.63) is 51.5 Å². The summed E-state index contributed by atoms with van der Waals surface area (Å²) in [5.41, 5.74) is 1.60. The number of carbonyl (C=O) groups is 3. The lowest BCUT2D eigenvalue weighted by molar-refractivity contribution is -0.125. The van der Waals surface area contributed by atoms with Gasteiger partial charge in [0.25, 0.3) is 0 Å². The van der Waals surface area contributed by atoms with E-state index in [1.54, 1.807) is 24.3 Å². The Kier molecular flexibility index (Phi) is 5.08. The second-order valence-corrected chi connectivity index (χ2v) is 6.40.